The predicted molar refractivity (Wildman–Crippen MR) is 56.3 cm³/mol. The first-order valence-corrected chi connectivity index (χ1v) is 4.83. The molecule has 2 heterocycles. The Labute approximate surface area is 88.9 Å². The molecule has 2 rings (SSSR count). The van der Waals surface area contributed by atoms with Gasteiger partial charge >= 0.3 is 11.8 Å². The highest BCUT2D eigenvalue weighted by Gasteiger charge is 2.20. The highest BCUT2D eigenvalue weighted by atomic mass is 16.5. The lowest BCUT2D eigenvalue weighted by Gasteiger charge is -2.00. The maximum Gasteiger partial charge on any atom is 0.381 e. The standard InChI is InChI=1S/C12H14NO2/c1-9-7-12(15-8-9)13-10(2)5-4-6-11(13)14-3/h4-8H,1-3H3/q+1. The summed E-state index contributed by atoms with van der Waals surface area (Å²) in [5.74, 6) is 1.55. The van der Waals surface area contributed by atoms with Crippen molar-refractivity contribution in [1.82, 2.24) is 0 Å². The first kappa shape index (κ1) is 9.77. The summed E-state index contributed by atoms with van der Waals surface area (Å²) in [7, 11) is 1.65. The van der Waals surface area contributed by atoms with Gasteiger partial charge < -0.3 is 9.15 Å². The van der Waals surface area contributed by atoms with Gasteiger partial charge in [0.05, 0.1) is 19.2 Å². The summed E-state index contributed by atoms with van der Waals surface area (Å²) in [6.07, 6.45) is 1.73. The van der Waals surface area contributed by atoms with E-state index in [1.165, 1.54) is 0 Å². The molecule has 0 atom stereocenters. The minimum atomic E-state index is 0.768. The Morgan fingerprint density at radius 1 is 1.27 bits per heavy atom. The summed E-state index contributed by atoms with van der Waals surface area (Å²) in [6.45, 7) is 4.01. The second-order valence-electron chi connectivity index (χ2n) is 3.51. The number of rotatable bonds is 2. The molecule has 0 saturated carbocycles. The summed E-state index contributed by atoms with van der Waals surface area (Å²) in [5, 5.41) is 0. The minimum absolute atomic E-state index is 0.768. The molecule has 0 aromatic carbocycles. The molecule has 0 saturated heterocycles. The van der Waals surface area contributed by atoms with Gasteiger partial charge in [0.2, 0.25) is 0 Å². The van der Waals surface area contributed by atoms with Crippen LogP contribution in [0.4, 0.5) is 0 Å². The van der Waals surface area contributed by atoms with Crippen molar-refractivity contribution in [2.75, 3.05) is 7.11 Å². The summed E-state index contributed by atoms with van der Waals surface area (Å²) >= 11 is 0. The molecule has 78 valence electrons. The van der Waals surface area contributed by atoms with Crippen LogP contribution in [0.5, 0.6) is 5.88 Å². The molecule has 2 aromatic heterocycles. The Morgan fingerprint density at radius 3 is 2.67 bits per heavy atom. The largest absolute Gasteiger partial charge is 0.447 e. The molecule has 0 aliphatic rings. The van der Waals surface area contributed by atoms with Crippen molar-refractivity contribution in [3.05, 3.63) is 41.8 Å². The van der Waals surface area contributed by atoms with E-state index in [9.17, 15) is 0 Å². The van der Waals surface area contributed by atoms with E-state index in [4.69, 9.17) is 9.15 Å². The van der Waals surface area contributed by atoms with Gasteiger partial charge in [0, 0.05) is 13.0 Å². The average molecular weight is 204 g/mol. The lowest BCUT2D eigenvalue weighted by molar-refractivity contribution is -0.622. The highest BCUT2D eigenvalue weighted by molar-refractivity contribution is 5.19. The molecule has 2 aromatic rings. The molecule has 0 unspecified atom stereocenters. The Morgan fingerprint density at radius 2 is 2.07 bits per heavy atom. The van der Waals surface area contributed by atoms with E-state index in [-0.39, 0.29) is 0 Å². The number of hydrogen-bond donors (Lipinski definition) is 0. The fourth-order valence-corrected chi connectivity index (χ4v) is 1.57. The molecule has 0 aliphatic carbocycles. The van der Waals surface area contributed by atoms with E-state index in [0.717, 1.165) is 23.0 Å². The second kappa shape index (κ2) is 3.77. The summed E-state index contributed by atoms with van der Waals surface area (Å²) < 4.78 is 12.7. The van der Waals surface area contributed by atoms with Crippen LogP contribution in [0.3, 0.4) is 0 Å². The Bertz CT molecular complexity index is 474. The maximum atomic E-state index is 5.46. The Balaban J connectivity index is 2.60. The van der Waals surface area contributed by atoms with Crippen LogP contribution in [-0.2, 0) is 0 Å². The van der Waals surface area contributed by atoms with Gasteiger partial charge in [-0.3, -0.25) is 0 Å². The molecule has 0 bridgehead atoms. The van der Waals surface area contributed by atoms with Crippen LogP contribution in [0, 0.1) is 13.8 Å². The molecular formula is C12H14NO2+. The number of nitrogens with zero attached hydrogens (tertiary/aromatic N) is 1. The molecule has 0 aliphatic heterocycles. The van der Waals surface area contributed by atoms with Crippen molar-refractivity contribution in [2.24, 2.45) is 0 Å². The van der Waals surface area contributed by atoms with Gasteiger partial charge in [-0.1, -0.05) is 4.57 Å². The Hall–Kier alpha value is -1.77. The van der Waals surface area contributed by atoms with Crippen LogP contribution in [0.2, 0.25) is 0 Å². The van der Waals surface area contributed by atoms with E-state index < -0.39 is 0 Å². The van der Waals surface area contributed by atoms with Crippen molar-refractivity contribution < 1.29 is 13.7 Å². The number of hydrogen-bond acceptors (Lipinski definition) is 2. The number of furan rings is 1. The van der Waals surface area contributed by atoms with Crippen molar-refractivity contribution >= 4 is 0 Å². The zero-order chi connectivity index (χ0) is 10.8. The fraction of sp³-hybridized carbons (Fsp3) is 0.250. The normalized spacial score (nSPS) is 10.3. The molecule has 3 heteroatoms. The minimum Gasteiger partial charge on any atom is -0.447 e. The zero-order valence-corrected chi connectivity index (χ0v) is 9.15. The van der Waals surface area contributed by atoms with E-state index in [0.29, 0.717) is 0 Å². The van der Waals surface area contributed by atoms with Gasteiger partial charge in [0.25, 0.3) is 0 Å². The van der Waals surface area contributed by atoms with E-state index >= 15 is 0 Å². The molecule has 3 nitrogen and oxygen atoms in total. The summed E-state index contributed by atoms with van der Waals surface area (Å²) in [4.78, 5) is 0. The Kier molecular flexibility index (Phi) is 2.46. The van der Waals surface area contributed by atoms with Crippen LogP contribution in [0.1, 0.15) is 11.3 Å². The number of methoxy groups -OCH3 is 1. The predicted octanol–water partition coefficient (Wildman–Crippen LogP) is 2.18. The smallest absolute Gasteiger partial charge is 0.381 e. The van der Waals surface area contributed by atoms with Crippen LogP contribution >= 0.6 is 0 Å². The van der Waals surface area contributed by atoms with Gasteiger partial charge in [-0.2, -0.15) is 0 Å². The number of aromatic nitrogens is 1. The molecule has 15 heavy (non-hydrogen) atoms. The second-order valence-corrected chi connectivity index (χ2v) is 3.51. The van der Waals surface area contributed by atoms with Crippen LogP contribution in [0.15, 0.2) is 34.9 Å². The third-order valence-electron chi connectivity index (χ3n) is 2.30. The van der Waals surface area contributed by atoms with Gasteiger partial charge in [-0.25, -0.2) is 0 Å². The van der Waals surface area contributed by atoms with Crippen LogP contribution in [-0.4, -0.2) is 7.11 Å². The van der Waals surface area contributed by atoms with Crippen LogP contribution in [0.25, 0.3) is 5.88 Å². The third kappa shape index (κ3) is 1.73. The topological polar surface area (TPSA) is 26.2 Å². The molecule has 0 fully saturated rings. The molecule has 0 amide bonds. The highest BCUT2D eigenvalue weighted by Crippen LogP contribution is 2.12. The fourth-order valence-electron chi connectivity index (χ4n) is 1.57. The lowest BCUT2D eigenvalue weighted by atomic mass is 10.3. The van der Waals surface area contributed by atoms with Gasteiger partial charge in [0.15, 0.2) is 5.69 Å². The van der Waals surface area contributed by atoms with E-state index in [1.54, 1.807) is 13.4 Å². The van der Waals surface area contributed by atoms with E-state index in [1.807, 2.05) is 42.7 Å². The third-order valence-corrected chi connectivity index (χ3v) is 2.30. The van der Waals surface area contributed by atoms with Crippen LogP contribution < -0.4 is 9.30 Å². The van der Waals surface area contributed by atoms with E-state index in [2.05, 4.69) is 0 Å². The zero-order valence-electron chi connectivity index (χ0n) is 9.15. The first-order chi connectivity index (χ1) is 7.22. The number of pyridine rings is 1. The molecule has 0 N–H and O–H groups in total. The average Bonchev–Trinajstić information content (AvgIpc) is 2.64. The maximum absolute atomic E-state index is 5.46. The first-order valence-electron chi connectivity index (χ1n) is 4.83. The van der Waals surface area contributed by atoms with Crippen molar-refractivity contribution in [3.63, 3.8) is 0 Å². The monoisotopic (exact) mass is 204 g/mol. The molecular weight excluding hydrogens is 190 g/mol. The van der Waals surface area contributed by atoms with Crippen molar-refractivity contribution in [3.8, 4) is 11.8 Å². The van der Waals surface area contributed by atoms with Gasteiger partial charge in [-0.05, 0) is 18.6 Å². The molecule has 0 radical (unpaired) electrons. The number of aryl methyl sites for hydroxylation is 2. The quantitative estimate of drug-likeness (QED) is 0.701. The number of ether oxygens (including phenoxy) is 1. The summed E-state index contributed by atoms with van der Waals surface area (Å²) in [5.41, 5.74) is 2.17. The van der Waals surface area contributed by atoms with Crippen molar-refractivity contribution in [1.29, 1.82) is 0 Å². The molecule has 0 spiro atoms. The summed E-state index contributed by atoms with van der Waals surface area (Å²) in [6, 6.07) is 7.86. The van der Waals surface area contributed by atoms with Gasteiger partial charge in [-0.15, -0.1) is 0 Å². The lowest BCUT2D eigenvalue weighted by Crippen LogP contribution is -2.35. The van der Waals surface area contributed by atoms with Gasteiger partial charge in [0.1, 0.15) is 6.26 Å². The van der Waals surface area contributed by atoms with Crippen molar-refractivity contribution in [2.45, 2.75) is 13.8 Å². The SMILES string of the molecule is COc1cccc(C)[n+]1-c1cc(C)co1.